The zero-order chi connectivity index (χ0) is 12.1. The number of benzene rings is 1. The molecule has 1 rings (SSSR count). The van der Waals surface area contributed by atoms with Crippen LogP contribution in [0.25, 0.3) is 0 Å². The summed E-state index contributed by atoms with van der Waals surface area (Å²) in [6, 6.07) is 3.52. The van der Waals surface area contributed by atoms with Gasteiger partial charge >= 0.3 is 0 Å². The molecule has 0 aliphatic heterocycles. The van der Waals surface area contributed by atoms with Crippen LogP contribution < -0.4 is 14.2 Å². The first-order chi connectivity index (χ1) is 7.67. The molecule has 90 valence electrons. The summed E-state index contributed by atoms with van der Waals surface area (Å²) >= 11 is 0. The largest absolute Gasteiger partial charge is 0.493 e. The van der Waals surface area contributed by atoms with Gasteiger partial charge in [0, 0.05) is 0 Å². The van der Waals surface area contributed by atoms with Gasteiger partial charge in [-0.3, -0.25) is 0 Å². The van der Waals surface area contributed by atoms with Gasteiger partial charge in [-0.2, -0.15) is 0 Å². The lowest BCUT2D eigenvalue weighted by molar-refractivity contribution is 0.172. The second-order valence-corrected chi connectivity index (χ2v) is 3.38. The summed E-state index contributed by atoms with van der Waals surface area (Å²) in [4.78, 5) is 0. The van der Waals surface area contributed by atoms with Gasteiger partial charge in [0.15, 0.2) is 11.5 Å². The Hall–Kier alpha value is -1.42. The molecular formula is C12H18O4. The fourth-order valence-electron chi connectivity index (χ4n) is 1.53. The lowest BCUT2D eigenvalue weighted by Crippen LogP contribution is -2.00. The summed E-state index contributed by atoms with van der Waals surface area (Å²) in [6.45, 7) is 1.91. The highest BCUT2D eigenvalue weighted by Gasteiger charge is 2.16. The normalized spacial score (nSPS) is 12.1. The highest BCUT2D eigenvalue weighted by molar-refractivity contribution is 5.54. The molecule has 0 radical (unpaired) electrons. The van der Waals surface area contributed by atoms with Crippen LogP contribution in [0.3, 0.4) is 0 Å². The van der Waals surface area contributed by atoms with E-state index in [2.05, 4.69) is 0 Å². The Kier molecular flexibility index (Phi) is 4.43. The summed E-state index contributed by atoms with van der Waals surface area (Å²) in [5, 5.41) is 9.78. The molecule has 0 aromatic heterocycles. The van der Waals surface area contributed by atoms with Crippen LogP contribution in [0.4, 0.5) is 0 Å². The van der Waals surface area contributed by atoms with Crippen LogP contribution in [0.5, 0.6) is 17.2 Å². The Bertz CT molecular complexity index is 324. The van der Waals surface area contributed by atoms with Crippen LogP contribution in [-0.4, -0.2) is 26.4 Å². The smallest absolute Gasteiger partial charge is 0.203 e. The van der Waals surface area contributed by atoms with E-state index in [0.717, 1.165) is 5.56 Å². The summed E-state index contributed by atoms with van der Waals surface area (Å²) in [6.07, 6.45) is 0.118. The predicted octanol–water partition coefficient (Wildman–Crippen LogP) is 2.16. The van der Waals surface area contributed by atoms with Gasteiger partial charge in [0.2, 0.25) is 5.75 Å². The van der Waals surface area contributed by atoms with E-state index in [9.17, 15) is 5.11 Å². The molecular weight excluding hydrogens is 208 g/mol. The van der Waals surface area contributed by atoms with E-state index >= 15 is 0 Å². The molecule has 0 bridgehead atoms. The Labute approximate surface area is 95.8 Å². The summed E-state index contributed by atoms with van der Waals surface area (Å²) in [5.74, 6) is 1.66. The van der Waals surface area contributed by atoms with Gasteiger partial charge in [-0.1, -0.05) is 6.92 Å². The molecule has 0 saturated carbocycles. The molecule has 1 N–H and O–H groups in total. The maximum absolute atomic E-state index is 9.78. The molecule has 0 saturated heterocycles. The van der Waals surface area contributed by atoms with Gasteiger partial charge in [-0.25, -0.2) is 0 Å². The van der Waals surface area contributed by atoms with Crippen molar-refractivity contribution in [2.75, 3.05) is 21.3 Å². The molecule has 1 unspecified atom stereocenters. The molecule has 16 heavy (non-hydrogen) atoms. The van der Waals surface area contributed by atoms with E-state index in [1.54, 1.807) is 33.5 Å². The third-order valence-electron chi connectivity index (χ3n) is 2.46. The van der Waals surface area contributed by atoms with E-state index in [0.29, 0.717) is 23.7 Å². The Morgan fingerprint density at radius 2 is 1.56 bits per heavy atom. The molecule has 0 spiro atoms. The van der Waals surface area contributed by atoms with Crippen LogP contribution in [0.15, 0.2) is 12.1 Å². The van der Waals surface area contributed by atoms with Crippen LogP contribution in [0.2, 0.25) is 0 Å². The van der Waals surface area contributed by atoms with Crippen LogP contribution in [0.1, 0.15) is 25.0 Å². The minimum atomic E-state index is -0.520. The van der Waals surface area contributed by atoms with E-state index in [4.69, 9.17) is 14.2 Å². The van der Waals surface area contributed by atoms with Crippen molar-refractivity contribution in [1.82, 2.24) is 0 Å². The van der Waals surface area contributed by atoms with Crippen molar-refractivity contribution in [1.29, 1.82) is 0 Å². The maximum atomic E-state index is 9.78. The number of hydrogen-bond donors (Lipinski definition) is 1. The molecule has 0 aliphatic carbocycles. The Balaban J connectivity index is 3.25. The number of methoxy groups -OCH3 is 3. The minimum Gasteiger partial charge on any atom is -0.493 e. The predicted molar refractivity (Wildman–Crippen MR) is 61.3 cm³/mol. The summed E-state index contributed by atoms with van der Waals surface area (Å²) in [7, 11) is 4.66. The SMILES string of the molecule is CCC(O)c1cc(OC)c(OC)c(OC)c1. The zero-order valence-corrected chi connectivity index (χ0v) is 10.1. The van der Waals surface area contributed by atoms with E-state index in [1.807, 2.05) is 6.92 Å². The van der Waals surface area contributed by atoms with E-state index in [-0.39, 0.29) is 0 Å². The second-order valence-electron chi connectivity index (χ2n) is 3.38. The number of aliphatic hydroxyl groups is 1. The van der Waals surface area contributed by atoms with Gasteiger partial charge in [0.25, 0.3) is 0 Å². The van der Waals surface area contributed by atoms with Crippen LogP contribution in [-0.2, 0) is 0 Å². The molecule has 0 fully saturated rings. The van der Waals surface area contributed by atoms with E-state index < -0.39 is 6.10 Å². The monoisotopic (exact) mass is 226 g/mol. The van der Waals surface area contributed by atoms with Crippen molar-refractivity contribution in [3.05, 3.63) is 17.7 Å². The summed E-state index contributed by atoms with van der Waals surface area (Å²) < 4.78 is 15.6. The highest BCUT2D eigenvalue weighted by Crippen LogP contribution is 2.39. The first-order valence-electron chi connectivity index (χ1n) is 5.15. The number of ether oxygens (including phenoxy) is 3. The van der Waals surface area contributed by atoms with Crippen molar-refractivity contribution in [2.45, 2.75) is 19.4 Å². The van der Waals surface area contributed by atoms with Gasteiger partial charge in [-0.15, -0.1) is 0 Å². The molecule has 1 aromatic carbocycles. The third kappa shape index (κ3) is 2.39. The van der Waals surface area contributed by atoms with Gasteiger partial charge < -0.3 is 19.3 Å². The molecule has 1 aromatic rings. The Morgan fingerprint density at radius 3 is 1.88 bits per heavy atom. The fraction of sp³-hybridized carbons (Fsp3) is 0.500. The number of rotatable bonds is 5. The van der Waals surface area contributed by atoms with Crippen molar-refractivity contribution in [3.8, 4) is 17.2 Å². The van der Waals surface area contributed by atoms with Crippen LogP contribution in [0, 0.1) is 0 Å². The fourth-order valence-corrected chi connectivity index (χ4v) is 1.53. The average molecular weight is 226 g/mol. The molecule has 0 aliphatic rings. The first kappa shape index (κ1) is 12.6. The van der Waals surface area contributed by atoms with Gasteiger partial charge in [0.05, 0.1) is 27.4 Å². The zero-order valence-electron chi connectivity index (χ0n) is 10.1. The van der Waals surface area contributed by atoms with Crippen molar-refractivity contribution in [2.24, 2.45) is 0 Å². The molecule has 0 heterocycles. The van der Waals surface area contributed by atoms with Crippen molar-refractivity contribution >= 4 is 0 Å². The lowest BCUT2D eigenvalue weighted by Gasteiger charge is -2.16. The minimum absolute atomic E-state index is 0.520. The molecule has 4 nitrogen and oxygen atoms in total. The topological polar surface area (TPSA) is 47.9 Å². The van der Waals surface area contributed by atoms with Crippen LogP contribution >= 0.6 is 0 Å². The average Bonchev–Trinajstić information content (AvgIpc) is 2.35. The van der Waals surface area contributed by atoms with Crippen molar-refractivity contribution < 1.29 is 19.3 Å². The molecule has 4 heteroatoms. The number of aliphatic hydroxyl groups excluding tert-OH is 1. The Morgan fingerprint density at radius 1 is 1.06 bits per heavy atom. The number of hydrogen-bond acceptors (Lipinski definition) is 4. The third-order valence-corrected chi connectivity index (χ3v) is 2.46. The first-order valence-corrected chi connectivity index (χ1v) is 5.15. The molecule has 1 atom stereocenters. The standard InChI is InChI=1S/C12H18O4/c1-5-9(13)8-6-10(14-2)12(16-4)11(7-8)15-3/h6-7,9,13H,5H2,1-4H3. The highest BCUT2D eigenvalue weighted by atomic mass is 16.5. The lowest BCUT2D eigenvalue weighted by atomic mass is 10.1. The molecule has 0 amide bonds. The van der Waals surface area contributed by atoms with Gasteiger partial charge in [0.1, 0.15) is 0 Å². The quantitative estimate of drug-likeness (QED) is 0.835. The van der Waals surface area contributed by atoms with Crippen molar-refractivity contribution in [3.63, 3.8) is 0 Å². The maximum Gasteiger partial charge on any atom is 0.203 e. The van der Waals surface area contributed by atoms with E-state index in [1.165, 1.54) is 0 Å². The second kappa shape index (κ2) is 5.61. The summed E-state index contributed by atoms with van der Waals surface area (Å²) in [5.41, 5.74) is 0.761. The van der Waals surface area contributed by atoms with Gasteiger partial charge in [-0.05, 0) is 24.1 Å².